The minimum absolute atomic E-state index is 0.0926. The fourth-order valence-corrected chi connectivity index (χ4v) is 0.214. The summed E-state index contributed by atoms with van der Waals surface area (Å²) in [5.74, 6) is -1.67. The van der Waals surface area contributed by atoms with E-state index in [9.17, 15) is 18.0 Å². The molecule has 0 rings (SSSR count). The molecule has 1 unspecified atom stereocenters. The number of carboxylic acid groups (broad SMARTS) is 2. The maximum atomic E-state index is 10.6. The van der Waals surface area contributed by atoms with Crippen molar-refractivity contribution in [1.29, 1.82) is 0 Å². The van der Waals surface area contributed by atoms with Gasteiger partial charge in [0.2, 0.25) is 0 Å². The molecular weight excluding hydrogens is 219 g/mol. The zero-order valence-corrected chi connectivity index (χ0v) is 7.28. The van der Waals surface area contributed by atoms with Gasteiger partial charge < -0.3 is 15.9 Å². The first-order chi connectivity index (χ1) is 6.62. The SMILES string of the molecule is C#CCC(N)C(=O)O.O=C(O)C(F)(F)F. The Balaban J connectivity index is 0. The van der Waals surface area contributed by atoms with Crippen molar-refractivity contribution in [2.24, 2.45) is 5.73 Å². The number of terminal acetylenes is 1. The number of carboxylic acids is 2. The van der Waals surface area contributed by atoms with Crippen LogP contribution in [0.25, 0.3) is 0 Å². The molecule has 0 bridgehead atoms. The van der Waals surface area contributed by atoms with Gasteiger partial charge in [-0.05, 0) is 0 Å². The number of hydrogen-bond donors (Lipinski definition) is 3. The van der Waals surface area contributed by atoms with Crippen molar-refractivity contribution in [1.82, 2.24) is 0 Å². The second-order valence-electron chi connectivity index (χ2n) is 2.16. The van der Waals surface area contributed by atoms with Crippen LogP contribution in [-0.4, -0.2) is 34.4 Å². The van der Waals surface area contributed by atoms with E-state index in [1.165, 1.54) is 0 Å². The molecule has 0 heterocycles. The number of nitrogens with two attached hydrogens (primary N) is 1. The summed E-state index contributed by atoms with van der Waals surface area (Å²) >= 11 is 0. The molecule has 4 N–H and O–H groups in total. The molecule has 0 aromatic rings. The van der Waals surface area contributed by atoms with E-state index in [-0.39, 0.29) is 6.42 Å². The van der Waals surface area contributed by atoms with Gasteiger partial charge in [0.05, 0.1) is 0 Å². The molecule has 0 aliphatic rings. The van der Waals surface area contributed by atoms with Crippen LogP contribution < -0.4 is 5.73 Å². The van der Waals surface area contributed by atoms with Crippen LogP contribution in [0.4, 0.5) is 13.2 Å². The molecule has 0 fully saturated rings. The van der Waals surface area contributed by atoms with Crippen LogP contribution in [0.3, 0.4) is 0 Å². The maximum Gasteiger partial charge on any atom is 0.490 e. The molecule has 0 aromatic heterocycles. The predicted molar refractivity (Wildman–Crippen MR) is 42.8 cm³/mol. The van der Waals surface area contributed by atoms with Crippen molar-refractivity contribution in [2.45, 2.75) is 18.6 Å². The summed E-state index contributed by atoms with van der Waals surface area (Å²) in [6.07, 6.45) is -0.217. The highest BCUT2D eigenvalue weighted by molar-refractivity contribution is 5.73. The predicted octanol–water partition coefficient (Wildman–Crippen LogP) is 0.0549. The van der Waals surface area contributed by atoms with E-state index in [1.54, 1.807) is 0 Å². The summed E-state index contributed by atoms with van der Waals surface area (Å²) in [6.45, 7) is 0. The highest BCUT2D eigenvalue weighted by atomic mass is 19.4. The van der Waals surface area contributed by atoms with Crippen LogP contribution in [0.1, 0.15) is 6.42 Å². The maximum absolute atomic E-state index is 10.6. The van der Waals surface area contributed by atoms with Gasteiger partial charge in [0.1, 0.15) is 6.04 Å². The van der Waals surface area contributed by atoms with Crippen molar-refractivity contribution >= 4 is 11.9 Å². The van der Waals surface area contributed by atoms with E-state index < -0.39 is 24.2 Å². The van der Waals surface area contributed by atoms with Crippen molar-refractivity contribution in [3.05, 3.63) is 0 Å². The van der Waals surface area contributed by atoms with E-state index in [1.807, 2.05) is 0 Å². The van der Waals surface area contributed by atoms with E-state index in [4.69, 9.17) is 27.2 Å². The topological polar surface area (TPSA) is 101 Å². The van der Waals surface area contributed by atoms with Crippen molar-refractivity contribution < 1.29 is 33.0 Å². The highest BCUT2D eigenvalue weighted by Gasteiger charge is 2.38. The van der Waals surface area contributed by atoms with Crippen LogP contribution in [0.15, 0.2) is 0 Å². The lowest BCUT2D eigenvalue weighted by molar-refractivity contribution is -0.192. The van der Waals surface area contributed by atoms with Gasteiger partial charge in [-0.25, -0.2) is 4.79 Å². The average Bonchev–Trinajstić information content (AvgIpc) is 2.03. The number of rotatable bonds is 2. The summed E-state index contributed by atoms with van der Waals surface area (Å²) in [5, 5.41) is 15.2. The van der Waals surface area contributed by atoms with Gasteiger partial charge in [-0.15, -0.1) is 12.3 Å². The minimum Gasteiger partial charge on any atom is -0.480 e. The number of hydrogen-bond acceptors (Lipinski definition) is 3. The minimum atomic E-state index is -5.08. The number of halogens is 3. The normalized spacial score (nSPS) is 11.7. The summed E-state index contributed by atoms with van der Waals surface area (Å²) in [4.78, 5) is 18.8. The molecule has 86 valence electrons. The third-order valence-corrected chi connectivity index (χ3v) is 0.897. The smallest absolute Gasteiger partial charge is 0.480 e. The molecule has 0 aromatic carbocycles. The monoisotopic (exact) mass is 227 g/mol. The fraction of sp³-hybridized carbons (Fsp3) is 0.429. The van der Waals surface area contributed by atoms with Gasteiger partial charge in [-0.2, -0.15) is 13.2 Å². The molecule has 0 aliphatic carbocycles. The van der Waals surface area contributed by atoms with E-state index in [2.05, 4.69) is 5.92 Å². The molecule has 0 saturated carbocycles. The van der Waals surface area contributed by atoms with Crippen molar-refractivity contribution in [3.63, 3.8) is 0 Å². The zero-order chi connectivity index (χ0) is 12.6. The number of aliphatic carboxylic acids is 2. The van der Waals surface area contributed by atoms with E-state index >= 15 is 0 Å². The third kappa shape index (κ3) is 10.2. The van der Waals surface area contributed by atoms with Crippen LogP contribution in [0.2, 0.25) is 0 Å². The quantitative estimate of drug-likeness (QED) is 0.579. The molecule has 0 saturated heterocycles. The Kier molecular flexibility index (Phi) is 6.98. The van der Waals surface area contributed by atoms with Crippen LogP contribution in [0.5, 0.6) is 0 Å². The largest absolute Gasteiger partial charge is 0.490 e. The highest BCUT2D eigenvalue weighted by Crippen LogP contribution is 2.13. The lowest BCUT2D eigenvalue weighted by Gasteiger charge is -1.96. The van der Waals surface area contributed by atoms with Crippen molar-refractivity contribution in [2.75, 3.05) is 0 Å². The Morgan fingerprint density at radius 1 is 1.40 bits per heavy atom. The number of alkyl halides is 3. The summed E-state index contributed by atoms with van der Waals surface area (Å²) in [5.41, 5.74) is 4.98. The molecule has 1 atom stereocenters. The molecule has 0 aliphatic heterocycles. The van der Waals surface area contributed by atoms with Gasteiger partial charge in [-0.1, -0.05) is 0 Å². The van der Waals surface area contributed by atoms with Crippen molar-refractivity contribution in [3.8, 4) is 12.3 Å². The molecule has 0 spiro atoms. The summed E-state index contributed by atoms with van der Waals surface area (Å²) in [7, 11) is 0. The van der Waals surface area contributed by atoms with Crippen LogP contribution >= 0.6 is 0 Å². The van der Waals surface area contributed by atoms with Crippen LogP contribution in [-0.2, 0) is 9.59 Å². The Morgan fingerprint density at radius 2 is 1.73 bits per heavy atom. The molecule has 5 nitrogen and oxygen atoms in total. The Labute approximate surface area is 82.7 Å². The summed E-state index contributed by atoms with van der Waals surface area (Å²) in [6, 6.07) is -0.903. The standard InChI is InChI=1S/C5H7NO2.C2HF3O2/c1-2-3-4(6)5(7)8;3-2(4,5)1(6)7/h1,4H,3,6H2,(H,7,8);(H,6,7). The molecular formula is C7H8F3NO4. The van der Waals surface area contributed by atoms with Gasteiger partial charge >= 0.3 is 18.1 Å². The fourth-order valence-electron chi connectivity index (χ4n) is 0.214. The van der Waals surface area contributed by atoms with E-state index in [0.717, 1.165) is 0 Å². The van der Waals surface area contributed by atoms with Gasteiger partial charge in [0, 0.05) is 6.42 Å². The molecule has 15 heavy (non-hydrogen) atoms. The average molecular weight is 227 g/mol. The Morgan fingerprint density at radius 3 is 1.80 bits per heavy atom. The lowest BCUT2D eigenvalue weighted by Crippen LogP contribution is -2.29. The zero-order valence-electron chi connectivity index (χ0n) is 7.28. The number of carbonyl (C=O) groups is 2. The lowest BCUT2D eigenvalue weighted by atomic mass is 10.2. The van der Waals surface area contributed by atoms with Crippen LogP contribution in [0, 0.1) is 12.3 Å². The Bertz CT molecular complexity index is 268. The van der Waals surface area contributed by atoms with Gasteiger partial charge in [0.15, 0.2) is 0 Å². The molecule has 0 amide bonds. The van der Waals surface area contributed by atoms with E-state index in [0.29, 0.717) is 0 Å². The first-order valence-electron chi connectivity index (χ1n) is 3.34. The molecule has 8 heteroatoms. The molecule has 0 radical (unpaired) electrons. The first-order valence-corrected chi connectivity index (χ1v) is 3.34. The third-order valence-electron chi connectivity index (χ3n) is 0.897. The van der Waals surface area contributed by atoms with Gasteiger partial charge in [-0.3, -0.25) is 4.79 Å². The first kappa shape index (κ1) is 15.7. The van der Waals surface area contributed by atoms with Gasteiger partial charge in [0.25, 0.3) is 0 Å². The summed E-state index contributed by atoms with van der Waals surface area (Å²) < 4.78 is 31.7. The second-order valence-corrected chi connectivity index (χ2v) is 2.16. The second kappa shape index (κ2) is 6.67. The Hall–Kier alpha value is -1.75.